The van der Waals surface area contributed by atoms with E-state index in [1.54, 1.807) is 25.1 Å². The van der Waals surface area contributed by atoms with Crippen molar-refractivity contribution in [2.45, 2.75) is 50.8 Å². The highest BCUT2D eigenvalue weighted by atomic mass is 32.2. The molecule has 0 bridgehead atoms. The maximum absolute atomic E-state index is 13.9. The quantitative estimate of drug-likeness (QED) is 0.378. The molecule has 0 fully saturated rings. The lowest BCUT2D eigenvalue weighted by Gasteiger charge is -2.39. The zero-order chi connectivity index (χ0) is 24.8. The van der Waals surface area contributed by atoms with Gasteiger partial charge in [0.15, 0.2) is 11.6 Å². The Morgan fingerprint density at radius 3 is 2.59 bits per heavy atom. The molecule has 2 aromatic rings. The molecule has 0 amide bonds. The van der Waals surface area contributed by atoms with Crippen molar-refractivity contribution < 1.29 is 18.0 Å². The third-order valence-electron chi connectivity index (χ3n) is 6.38. The van der Waals surface area contributed by atoms with E-state index in [0.29, 0.717) is 29.2 Å². The Morgan fingerprint density at radius 2 is 1.91 bits per heavy atom. The number of nitrogens with one attached hydrogen (secondary N) is 1. The zero-order valence-corrected chi connectivity index (χ0v) is 20.4. The number of hydrogen-bond donors (Lipinski definition) is 2. The second-order valence-electron chi connectivity index (χ2n) is 9.48. The van der Waals surface area contributed by atoms with Gasteiger partial charge in [-0.1, -0.05) is 38.1 Å². The van der Waals surface area contributed by atoms with Gasteiger partial charge in [0.2, 0.25) is 0 Å². The van der Waals surface area contributed by atoms with Crippen LogP contribution in [0.2, 0.25) is 0 Å². The van der Waals surface area contributed by atoms with Crippen molar-refractivity contribution in [3.8, 4) is 0 Å². The van der Waals surface area contributed by atoms with E-state index >= 15 is 0 Å². The Hall–Kier alpha value is -3.33. The fourth-order valence-corrected chi connectivity index (χ4v) is 5.73. The van der Waals surface area contributed by atoms with Gasteiger partial charge in [0.1, 0.15) is 16.6 Å². The minimum Gasteiger partial charge on any atom is -0.387 e. The van der Waals surface area contributed by atoms with Gasteiger partial charge in [-0.3, -0.25) is 9.59 Å². The molecule has 8 nitrogen and oxygen atoms in total. The average molecular weight is 481 g/mol. The molecule has 0 saturated heterocycles. The molecule has 0 radical (unpaired) electrons. The van der Waals surface area contributed by atoms with Gasteiger partial charge in [0, 0.05) is 5.56 Å². The smallest absolute Gasteiger partial charge is 0.286 e. The van der Waals surface area contributed by atoms with Crippen LogP contribution in [0.15, 0.2) is 56.8 Å². The van der Waals surface area contributed by atoms with Crippen molar-refractivity contribution >= 4 is 44.6 Å². The van der Waals surface area contributed by atoms with Crippen LogP contribution < -0.4 is 11.1 Å². The average Bonchev–Trinajstić information content (AvgIpc) is 2.76. The summed E-state index contributed by atoms with van der Waals surface area (Å²) in [6.07, 6.45) is 1.32. The molecule has 1 aliphatic carbocycles. The van der Waals surface area contributed by atoms with Gasteiger partial charge in [0.25, 0.3) is 10.0 Å². The molecule has 0 saturated carbocycles. The normalized spacial score (nSPS) is 23.7. The number of ketones is 2. The summed E-state index contributed by atoms with van der Waals surface area (Å²) in [7, 11) is -4.18. The first-order chi connectivity index (χ1) is 15.9. The van der Waals surface area contributed by atoms with E-state index in [4.69, 9.17) is 5.73 Å². The first kappa shape index (κ1) is 23.8. The fourth-order valence-electron chi connectivity index (χ4n) is 4.55. The first-order valence-corrected chi connectivity index (χ1v) is 12.6. The molecular weight excluding hydrogens is 452 g/mol. The molecule has 1 unspecified atom stereocenters. The van der Waals surface area contributed by atoms with Crippen LogP contribution >= 0.6 is 0 Å². The molecule has 0 spiro atoms. The predicted octanol–water partition coefficient (Wildman–Crippen LogP) is 3.98. The van der Waals surface area contributed by atoms with Crippen LogP contribution in [0.4, 0.5) is 11.4 Å². The number of fused-ring (bicyclic) bond motifs is 2. The minimum atomic E-state index is -4.18. The topological polar surface area (TPSA) is 131 Å². The fraction of sp³-hybridized carbons (Fsp3) is 0.360. The molecule has 3 N–H and O–H groups in total. The predicted molar refractivity (Wildman–Crippen MR) is 132 cm³/mol. The van der Waals surface area contributed by atoms with E-state index in [9.17, 15) is 18.0 Å². The third kappa shape index (κ3) is 4.04. The van der Waals surface area contributed by atoms with Crippen LogP contribution in [0.25, 0.3) is 0 Å². The summed E-state index contributed by atoms with van der Waals surface area (Å²) < 4.78 is 30.0. The van der Waals surface area contributed by atoms with Gasteiger partial charge in [-0.2, -0.15) is 8.42 Å². The second-order valence-corrected chi connectivity index (χ2v) is 11.1. The van der Waals surface area contributed by atoms with Crippen LogP contribution in [0.1, 0.15) is 56.5 Å². The molecule has 4 rings (SSSR count). The van der Waals surface area contributed by atoms with Crippen LogP contribution in [0.5, 0.6) is 0 Å². The minimum absolute atomic E-state index is 0.0857. The number of nitrogens with two attached hydrogens (primary N) is 1. The number of aliphatic imine (C=N–C) groups is 1. The highest BCUT2D eigenvalue weighted by Crippen LogP contribution is 2.43. The molecule has 1 heterocycles. The molecule has 1 aliphatic heterocycles. The Balaban J connectivity index is 1.81. The van der Waals surface area contributed by atoms with Crippen LogP contribution in [-0.2, 0) is 20.2 Å². The standard InChI is InChI=1S/C25H28N4O4S/c1-14(2)11-12-25(4)18-8-6-5-7-17(18)22(30)21(23(25)31)24-28-19-10-9-16(27-15(3)26)13-20(19)34(32,33)29-24/h5-10,13-14,21H,11-12H2,1-4H3,(H2,26,27)(H,28,29)/t21?,25-/m1/s1. The number of benzene rings is 2. The number of sulfonamides is 1. The third-order valence-corrected chi connectivity index (χ3v) is 7.71. The Bertz CT molecular complexity index is 1360. The van der Waals surface area contributed by atoms with E-state index in [-0.39, 0.29) is 28.0 Å². The highest BCUT2D eigenvalue weighted by Gasteiger charge is 2.51. The molecule has 2 aromatic carbocycles. The molecule has 178 valence electrons. The largest absolute Gasteiger partial charge is 0.387 e. The van der Waals surface area contributed by atoms with E-state index in [2.05, 4.69) is 28.6 Å². The molecule has 2 atom stereocenters. The summed E-state index contributed by atoms with van der Waals surface area (Å²) in [5, 5.41) is 2.95. The van der Waals surface area contributed by atoms with E-state index in [0.717, 1.165) is 6.42 Å². The maximum Gasteiger partial charge on any atom is 0.286 e. The molecule has 0 aromatic heterocycles. The summed E-state index contributed by atoms with van der Waals surface area (Å²) in [5.74, 6) is -1.66. The number of carbonyl (C=O) groups excluding carboxylic acids is 2. The zero-order valence-electron chi connectivity index (χ0n) is 19.6. The van der Waals surface area contributed by atoms with Crippen LogP contribution in [0.3, 0.4) is 0 Å². The number of rotatable bonds is 5. The molecule has 2 aliphatic rings. The molecule has 34 heavy (non-hydrogen) atoms. The van der Waals surface area contributed by atoms with E-state index < -0.39 is 27.1 Å². The lowest BCUT2D eigenvalue weighted by molar-refractivity contribution is -0.125. The number of Topliss-reactive ketones (excluding diaryl/α,β-unsaturated/α-hetero) is 2. The number of hydrogen-bond acceptors (Lipinski definition) is 6. The summed E-state index contributed by atoms with van der Waals surface area (Å²) in [5.41, 5.74) is 6.38. The number of nitrogens with zero attached hydrogens (tertiary/aromatic N) is 2. The van der Waals surface area contributed by atoms with Gasteiger partial charge in [-0.25, -0.2) is 4.99 Å². The Morgan fingerprint density at radius 1 is 1.21 bits per heavy atom. The first-order valence-electron chi connectivity index (χ1n) is 11.2. The summed E-state index contributed by atoms with van der Waals surface area (Å²) in [6, 6.07) is 11.6. The maximum atomic E-state index is 13.9. The molecular formula is C25H28N4O4S. The molecule has 9 heteroatoms. The monoisotopic (exact) mass is 480 g/mol. The lowest BCUT2D eigenvalue weighted by atomic mass is 9.63. The van der Waals surface area contributed by atoms with Crippen molar-refractivity contribution in [1.29, 1.82) is 0 Å². The van der Waals surface area contributed by atoms with Crippen molar-refractivity contribution in [2.24, 2.45) is 27.0 Å². The van der Waals surface area contributed by atoms with Crippen LogP contribution in [0, 0.1) is 11.8 Å². The van der Waals surface area contributed by atoms with Gasteiger partial charge < -0.3 is 11.1 Å². The highest BCUT2D eigenvalue weighted by molar-refractivity contribution is 7.90. The van der Waals surface area contributed by atoms with Crippen molar-refractivity contribution in [2.75, 3.05) is 5.32 Å². The summed E-state index contributed by atoms with van der Waals surface area (Å²) in [6.45, 7) is 7.58. The summed E-state index contributed by atoms with van der Waals surface area (Å²) in [4.78, 5) is 31.3. The van der Waals surface area contributed by atoms with E-state index in [1.165, 1.54) is 12.1 Å². The number of anilines is 1. The summed E-state index contributed by atoms with van der Waals surface area (Å²) >= 11 is 0. The van der Waals surface area contributed by atoms with Crippen molar-refractivity contribution in [1.82, 2.24) is 0 Å². The second kappa shape index (κ2) is 8.47. The Kier molecular flexibility index (Phi) is 5.93. The van der Waals surface area contributed by atoms with Crippen LogP contribution in [-0.4, -0.2) is 31.7 Å². The van der Waals surface area contributed by atoms with Gasteiger partial charge >= 0.3 is 0 Å². The van der Waals surface area contributed by atoms with Gasteiger partial charge in [-0.15, -0.1) is 4.40 Å². The number of amidine groups is 2. The lowest BCUT2D eigenvalue weighted by Crippen LogP contribution is -2.51. The van der Waals surface area contributed by atoms with E-state index in [1.807, 2.05) is 19.1 Å². The SMILES string of the molecule is CC(N)=Nc1ccc2c(c1)S(=O)(=O)N=C(C1C(=O)c3ccccc3[C@@](C)(CCC(C)C)C1=O)N2. The van der Waals surface area contributed by atoms with Crippen molar-refractivity contribution in [3.63, 3.8) is 0 Å². The van der Waals surface area contributed by atoms with Crippen molar-refractivity contribution in [3.05, 3.63) is 53.6 Å². The van der Waals surface area contributed by atoms with Gasteiger partial charge in [0.05, 0.1) is 22.6 Å². The Labute approximate surface area is 199 Å². The van der Waals surface area contributed by atoms with Gasteiger partial charge in [-0.05, 0) is 56.4 Å². The number of carbonyl (C=O) groups is 2.